The molecule has 0 unspecified atom stereocenters. The van der Waals surface area contributed by atoms with E-state index in [-0.39, 0.29) is 16.5 Å². The van der Waals surface area contributed by atoms with Crippen LogP contribution < -0.4 is 10.0 Å². The largest absolute Gasteiger partial charge is 0.459 e. The van der Waals surface area contributed by atoms with Crippen LogP contribution in [0.15, 0.2) is 86.8 Å². The predicted octanol–water partition coefficient (Wildman–Crippen LogP) is 3.62. The monoisotopic (exact) mass is 438 g/mol. The molecule has 1 atom stereocenters. The standard InChI is InChI=1S/C21H18N4O5S/c1-14(22-20(26)18-8-5-13-29-18)21-23-19(24-30-21)15-9-11-16(12-10-15)25-31(27,28)17-6-3-2-4-7-17/h2-14,25H,1H3,(H,22,26)/t14-/m1/s1. The first-order valence-corrected chi connectivity index (χ1v) is 10.8. The van der Waals surface area contributed by atoms with Crippen molar-refractivity contribution in [3.05, 3.63) is 84.6 Å². The van der Waals surface area contributed by atoms with Gasteiger partial charge in [0.05, 0.1) is 11.2 Å². The maximum atomic E-state index is 12.4. The van der Waals surface area contributed by atoms with Crippen LogP contribution in [0.5, 0.6) is 0 Å². The fourth-order valence-corrected chi connectivity index (χ4v) is 3.85. The first kappa shape index (κ1) is 20.4. The molecule has 0 saturated heterocycles. The summed E-state index contributed by atoms with van der Waals surface area (Å²) < 4.78 is 37.7. The number of hydrogen-bond acceptors (Lipinski definition) is 7. The lowest BCUT2D eigenvalue weighted by molar-refractivity contribution is 0.0904. The molecule has 4 aromatic rings. The van der Waals surface area contributed by atoms with Gasteiger partial charge in [-0.25, -0.2) is 8.42 Å². The number of carbonyl (C=O) groups excluding carboxylic acids is 1. The van der Waals surface area contributed by atoms with Crippen molar-refractivity contribution < 1.29 is 22.2 Å². The highest BCUT2D eigenvalue weighted by molar-refractivity contribution is 7.92. The number of hydrogen-bond donors (Lipinski definition) is 2. The van der Waals surface area contributed by atoms with E-state index in [2.05, 4.69) is 20.2 Å². The normalized spacial score (nSPS) is 12.3. The molecule has 2 N–H and O–H groups in total. The minimum Gasteiger partial charge on any atom is -0.459 e. The Bertz CT molecular complexity index is 1270. The lowest BCUT2D eigenvalue weighted by Crippen LogP contribution is -2.26. The number of rotatable bonds is 7. The topological polar surface area (TPSA) is 127 Å². The molecule has 31 heavy (non-hydrogen) atoms. The second-order valence-electron chi connectivity index (χ2n) is 6.62. The Hall–Kier alpha value is -3.92. The molecule has 2 heterocycles. The van der Waals surface area contributed by atoms with Gasteiger partial charge in [-0.15, -0.1) is 0 Å². The molecule has 0 radical (unpaired) electrons. The van der Waals surface area contributed by atoms with Crippen molar-refractivity contribution in [3.63, 3.8) is 0 Å². The molecule has 1 amide bonds. The van der Waals surface area contributed by atoms with E-state index in [4.69, 9.17) is 8.94 Å². The second-order valence-corrected chi connectivity index (χ2v) is 8.31. The van der Waals surface area contributed by atoms with Gasteiger partial charge in [-0.1, -0.05) is 23.4 Å². The summed E-state index contributed by atoms with van der Waals surface area (Å²) in [7, 11) is -3.68. The van der Waals surface area contributed by atoms with Crippen molar-refractivity contribution >= 4 is 21.6 Å². The van der Waals surface area contributed by atoms with Crippen LogP contribution in [0.4, 0.5) is 5.69 Å². The van der Waals surface area contributed by atoms with Gasteiger partial charge in [0.15, 0.2) is 5.76 Å². The number of sulfonamides is 1. The molecule has 9 nitrogen and oxygen atoms in total. The fraction of sp³-hybridized carbons (Fsp3) is 0.0952. The molecule has 0 aliphatic heterocycles. The van der Waals surface area contributed by atoms with Gasteiger partial charge < -0.3 is 14.3 Å². The Labute approximate surface area is 178 Å². The number of nitrogens with zero attached hydrogens (tertiary/aromatic N) is 2. The van der Waals surface area contributed by atoms with Crippen molar-refractivity contribution in [2.75, 3.05) is 4.72 Å². The summed E-state index contributed by atoms with van der Waals surface area (Å²) in [6, 6.07) is 17.3. The first-order chi connectivity index (χ1) is 14.9. The number of furan rings is 1. The molecule has 0 aliphatic rings. The molecule has 0 saturated carbocycles. The number of nitrogens with one attached hydrogen (secondary N) is 2. The van der Waals surface area contributed by atoms with E-state index in [0.29, 0.717) is 17.1 Å². The van der Waals surface area contributed by atoms with Crippen LogP contribution in [-0.4, -0.2) is 24.5 Å². The summed E-state index contributed by atoms with van der Waals surface area (Å²) in [6.45, 7) is 1.71. The summed E-state index contributed by atoms with van der Waals surface area (Å²) in [5, 5.41) is 6.64. The molecule has 0 fully saturated rings. The molecule has 4 rings (SSSR count). The van der Waals surface area contributed by atoms with Gasteiger partial charge >= 0.3 is 0 Å². The second kappa shape index (κ2) is 8.44. The predicted molar refractivity (Wildman–Crippen MR) is 112 cm³/mol. The van der Waals surface area contributed by atoms with Gasteiger partial charge in [0, 0.05) is 11.3 Å². The lowest BCUT2D eigenvalue weighted by atomic mass is 10.2. The Balaban J connectivity index is 1.44. The Morgan fingerprint density at radius 2 is 1.74 bits per heavy atom. The zero-order valence-corrected chi connectivity index (χ0v) is 17.2. The molecule has 2 aromatic carbocycles. The third kappa shape index (κ3) is 4.64. The SMILES string of the molecule is C[C@@H](NC(=O)c1ccco1)c1nc(-c2ccc(NS(=O)(=O)c3ccccc3)cc2)no1. The minimum absolute atomic E-state index is 0.174. The average Bonchev–Trinajstić information content (AvgIpc) is 3.47. The minimum atomic E-state index is -3.68. The summed E-state index contributed by atoms with van der Waals surface area (Å²) in [5.41, 5.74) is 1.03. The van der Waals surface area contributed by atoms with Crippen molar-refractivity contribution in [2.45, 2.75) is 17.9 Å². The van der Waals surface area contributed by atoms with Crippen LogP contribution in [0.3, 0.4) is 0 Å². The Morgan fingerprint density at radius 3 is 2.42 bits per heavy atom. The molecule has 2 aromatic heterocycles. The van der Waals surface area contributed by atoms with Gasteiger partial charge in [0.1, 0.15) is 6.04 Å². The van der Waals surface area contributed by atoms with Crippen LogP contribution in [0.25, 0.3) is 11.4 Å². The van der Waals surface area contributed by atoms with Gasteiger partial charge in [-0.2, -0.15) is 4.98 Å². The number of amides is 1. The van der Waals surface area contributed by atoms with Crippen LogP contribution in [0.2, 0.25) is 0 Å². The maximum absolute atomic E-state index is 12.4. The molecule has 10 heteroatoms. The summed E-state index contributed by atoms with van der Waals surface area (Å²) in [4.78, 5) is 16.5. The highest BCUT2D eigenvalue weighted by Crippen LogP contribution is 2.22. The molecule has 158 valence electrons. The molecule has 0 aliphatic carbocycles. The highest BCUT2D eigenvalue weighted by atomic mass is 32.2. The van der Waals surface area contributed by atoms with Crippen molar-refractivity contribution in [2.24, 2.45) is 0 Å². The van der Waals surface area contributed by atoms with E-state index in [0.717, 1.165) is 0 Å². The average molecular weight is 438 g/mol. The Morgan fingerprint density at radius 1 is 1.00 bits per heavy atom. The van der Waals surface area contributed by atoms with E-state index >= 15 is 0 Å². The third-order valence-corrected chi connectivity index (χ3v) is 5.75. The van der Waals surface area contributed by atoms with Gasteiger partial charge in [0.2, 0.25) is 11.7 Å². The number of carbonyl (C=O) groups is 1. The van der Waals surface area contributed by atoms with E-state index in [1.54, 1.807) is 61.5 Å². The van der Waals surface area contributed by atoms with E-state index in [1.807, 2.05) is 0 Å². The Kier molecular flexibility index (Phi) is 5.54. The number of anilines is 1. The van der Waals surface area contributed by atoms with E-state index < -0.39 is 22.0 Å². The van der Waals surface area contributed by atoms with E-state index in [9.17, 15) is 13.2 Å². The maximum Gasteiger partial charge on any atom is 0.287 e. The quantitative estimate of drug-likeness (QED) is 0.451. The van der Waals surface area contributed by atoms with Crippen molar-refractivity contribution in [1.29, 1.82) is 0 Å². The number of benzene rings is 2. The van der Waals surface area contributed by atoms with Crippen molar-refractivity contribution in [1.82, 2.24) is 15.5 Å². The molecular formula is C21H18N4O5S. The first-order valence-electron chi connectivity index (χ1n) is 9.29. The van der Waals surface area contributed by atoms with Crippen molar-refractivity contribution in [3.8, 4) is 11.4 Å². The summed E-state index contributed by atoms with van der Waals surface area (Å²) in [5.74, 6) is 0.322. The van der Waals surface area contributed by atoms with E-state index in [1.165, 1.54) is 18.4 Å². The van der Waals surface area contributed by atoms with Crippen LogP contribution in [-0.2, 0) is 10.0 Å². The summed E-state index contributed by atoms with van der Waals surface area (Å²) >= 11 is 0. The number of aromatic nitrogens is 2. The van der Waals surface area contributed by atoms with Gasteiger partial charge in [-0.3, -0.25) is 9.52 Å². The molecule has 0 spiro atoms. The smallest absolute Gasteiger partial charge is 0.287 e. The lowest BCUT2D eigenvalue weighted by Gasteiger charge is -2.08. The zero-order chi connectivity index (χ0) is 21.8. The van der Waals surface area contributed by atoms with Crippen LogP contribution in [0.1, 0.15) is 29.4 Å². The van der Waals surface area contributed by atoms with Gasteiger partial charge in [-0.05, 0) is 55.5 Å². The zero-order valence-electron chi connectivity index (χ0n) is 16.3. The van der Waals surface area contributed by atoms with Crippen LogP contribution in [0, 0.1) is 0 Å². The van der Waals surface area contributed by atoms with Gasteiger partial charge in [0.25, 0.3) is 15.9 Å². The van der Waals surface area contributed by atoms with Crippen LogP contribution >= 0.6 is 0 Å². The summed E-state index contributed by atoms with van der Waals surface area (Å²) in [6.07, 6.45) is 1.41. The molecular weight excluding hydrogens is 420 g/mol. The fourth-order valence-electron chi connectivity index (χ4n) is 2.77. The highest BCUT2D eigenvalue weighted by Gasteiger charge is 2.19. The molecule has 0 bridgehead atoms. The third-order valence-electron chi connectivity index (χ3n) is 4.35.